The summed E-state index contributed by atoms with van der Waals surface area (Å²) in [5.74, 6) is -7.29. The van der Waals surface area contributed by atoms with Crippen LogP contribution in [-0.4, -0.2) is 6.11 Å². The number of alkyl halides is 4. The van der Waals surface area contributed by atoms with Gasteiger partial charge in [-0.3, -0.25) is 0 Å². The summed E-state index contributed by atoms with van der Waals surface area (Å²) in [5.41, 5.74) is 1.67. The molecule has 1 fully saturated rings. The first-order valence-electron chi connectivity index (χ1n) is 15.0. The first kappa shape index (κ1) is 32.7. The van der Waals surface area contributed by atoms with Crippen molar-refractivity contribution in [3.8, 4) is 11.5 Å². The zero-order valence-electron chi connectivity index (χ0n) is 24.2. The predicted molar refractivity (Wildman–Crippen MR) is 151 cm³/mol. The van der Waals surface area contributed by atoms with Crippen LogP contribution < -0.4 is 9.47 Å². The predicted octanol–water partition coefficient (Wildman–Crippen LogP) is 11.1. The Bertz CT molecular complexity index is 1280. The number of aryl methyl sites for hydroxylation is 1. The van der Waals surface area contributed by atoms with Crippen LogP contribution in [0, 0.1) is 23.4 Å². The summed E-state index contributed by atoms with van der Waals surface area (Å²) in [6.07, 6.45) is 2.63. The van der Waals surface area contributed by atoms with Crippen LogP contribution in [0.1, 0.15) is 93.7 Å². The maximum absolute atomic E-state index is 15.0. The molecule has 3 aromatic carbocycles. The van der Waals surface area contributed by atoms with Crippen molar-refractivity contribution < 1.29 is 40.2 Å². The summed E-state index contributed by atoms with van der Waals surface area (Å²) >= 11 is 0. The lowest BCUT2D eigenvalue weighted by molar-refractivity contribution is -0.222. The van der Waals surface area contributed by atoms with Gasteiger partial charge in [-0.25, -0.2) is 13.2 Å². The van der Waals surface area contributed by atoms with Gasteiger partial charge in [0.1, 0.15) is 11.5 Å². The number of ether oxygens (including phenoxy) is 2. The van der Waals surface area contributed by atoms with Crippen LogP contribution in [0.4, 0.5) is 30.7 Å². The van der Waals surface area contributed by atoms with E-state index in [-0.39, 0.29) is 36.6 Å². The van der Waals surface area contributed by atoms with Crippen molar-refractivity contribution in [1.29, 1.82) is 0 Å². The SMILES string of the molecule is CCCCCCCCc1ccc(C2CCC(C(F)(F)Oc3ccc(C(F)(F)Oc4cc(F)c(F)c(F)c4)cc3)CC2)cc1. The largest absolute Gasteiger partial charge is 0.432 e. The Hall–Kier alpha value is -3.23. The van der Waals surface area contributed by atoms with Gasteiger partial charge in [0.25, 0.3) is 0 Å². The Morgan fingerprint density at radius 2 is 1.26 bits per heavy atom. The minimum atomic E-state index is -4.08. The quantitative estimate of drug-likeness (QED) is 0.103. The maximum atomic E-state index is 15.0. The van der Waals surface area contributed by atoms with Crippen molar-refractivity contribution in [3.63, 3.8) is 0 Å². The van der Waals surface area contributed by atoms with Gasteiger partial charge < -0.3 is 9.47 Å². The molecule has 0 unspecified atom stereocenters. The summed E-state index contributed by atoms with van der Waals surface area (Å²) in [5, 5.41) is 0. The highest BCUT2D eigenvalue weighted by Gasteiger charge is 2.44. The van der Waals surface area contributed by atoms with Crippen LogP contribution in [-0.2, 0) is 12.5 Å². The molecule has 0 spiro atoms. The Balaban J connectivity index is 1.27. The number of halogens is 7. The lowest BCUT2D eigenvalue weighted by atomic mass is 9.78. The molecule has 43 heavy (non-hydrogen) atoms. The van der Waals surface area contributed by atoms with Gasteiger partial charge in [-0.15, -0.1) is 0 Å². The smallest absolute Gasteiger partial charge is 0.426 e. The molecule has 0 atom stereocenters. The van der Waals surface area contributed by atoms with E-state index in [4.69, 9.17) is 4.74 Å². The third-order valence-electron chi connectivity index (χ3n) is 8.12. The molecule has 1 aliphatic rings. The number of hydrogen-bond acceptors (Lipinski definition) is 2. The highest BCUT2D eigenvalue weighted by Crippen LogP contribution is 2.43. The third kappa shape index (κ3) is 8.89. The van der Waals surface area contributed by atoms with E-state index >= 15 is 8.78 Å². The molecular formula is C34H37F7O2. The minimum absolute atomic E-state index is 0.194. The molecule has 0 radical (unpaired) electrons. The van der Waals surface area contributed by atoms with E-state index in [1.54, 1.807) is 0 Å². The number of rotatable bonds is 14. The molecule has 2 nitrogen and oxygen atoms in total. The summed E-state index contributed by atoms with van der Waals surface area (Å²) in [7, 11) is 0. The van der Waals surface area contributed by atoms with Crippen molar-refractivity contribution in [2.45, 2.75) is 95.7 Å². The summed E-state index contributed by atoms with van der Waals surface area (Å²) < 4.78 is 108. The maximum Gasteiger partial charge on any atom is 0.426 e. The van der Waals surface area contributed by atoms with Gasteiger partial charge in [0.05, 0.1) is 11.5 Å². The fourth-order valence-corrected chi connectivity index (χ4v) is 5.58. The zero-order chi connectivity index (χ0) is 31.0. The van der Waals surface area contributed by atoms with E-state index in [1.165, 1.54) is 44.1 Å². The van der Waals surface area contributed by atoms with Gasteiger partial charge in [0, 0.05) is 12.1 Å². The van der Waals surface area contributed by atoms with Crippen molar-refractivity contribution in [2.24, 2.45) is 5.92 Å². The van der Waals surface area contributed by atoms with Crippen LogP contribution in [0.15, 0.2) is 60.7 Å². The molecule has 0 amide bonds. The molecule has 1 aliphatic carbocycles. The monoisotopic (exact) mass is 610 g/mol. The highest BCUT2D eigenvalue weighted by molar-refractivity contribution is 5.32. The van der Waals surface area contributed by atoms with E-state index in [1.807, 2.05) is 0 Å². The van der Waals surface area contributed by atoms with Crippen molar-refractivity contribution in [1.82, 2.24) is 0 Å². The number of unbranched alkanes of at least 4 members (excludes halogenated alkanes) is 5. The number of hydrogen-bond donors (Lipinski definition) is 0. The Morgan fingerprint density at radius 1 is 0.674 bits per heavy atom. The molecular weight excluding hydrogens is 573 g/mol. The molecule has 234 valence electrons. The lowest BCUT2D eigenvalue weighted by Gasteiger charge is -2.33. The summed E-state index contributed by atoms with van der Waals surface area (Å²) in [6.45, 7) is 2.21. The number of benzene rings is 3. The normalized spacial score (nSPS) is 17.6. The molecule has 0 heterocycles. The third-order valence-corrected chi connectivity index (χ3v) is 8.12. The van der Waals surface area contributed by atoms with Gasteiger partial charge in [-0.2, -0.15) is 17.6 Å². The van der Waals surface area contributed by atoms with E-state index in [9.17, 15) is 22.0 Å². The molecule has 0 saturated heterocycles. The van der Waals surface area contributed by atoms with Gasteiger partial charge in [-0.05, 0) is 79.8 Å². The fraction of sp³-hybridized carbons (Fsp3) is 0.471. The standard InChI is InChI=1S/C34H37F7O2/c1-2-3-4-5-6-7-8-23-9-11-24(12-10-23)25-13-15-26(16-14-25)33(38,39)42-28-19-17-27(18-20-28)34(40,41)43-29-21-30(35)32(37)31(36)22-29/h9-12,17-22,25-26H,2-8,13-16H2,1H3. The molecule has 0 aliphatic heterocycles. The van der Waals surface area contributed by atoms with Gasteiger partial charge in [0.2, 0.25) is 0 Å². The Morgan fingerprint density at radius 3 is 1.86 bits per heavy atom. The Kier molecular flexibility index (Phi) is 11.0. The second-order valence-corrected chi connectivity index (χ2v) is 11.3. The molecule has 0 aromatic heterocycles. The van der Waals surface area contributed by atoms with E-state index in [0.717, 1.165) is 36.2 Å². The van der Waals surface area contributed by atoms with Crippen LogP contribution in [0.2, 0.25) is 0 Å². The van der Waals surface area contributed by atoms with E-state index in [0.29, 0.717) is 12.8 Å². The topological polar surface area (TPSA) is 18.5 Å². The zero-order valence-corrected chi connectivity index (χ0v) is 24.2. The molecule has 9 heteroatoms. The van der Waals surface area contributed by atoms with Crippen LogP contribution >= 0.6 is 0 Å². The van der Waals surface area contributed by atoms with E-state index in [2.05, 4.69) is 35.9 Å². The van der Waals surface area contributed by atoms with Gasteiger partial charge in [-0.1, -0.05) is 63.3 Å². The van der Waals surface area contributed by atoms with Crippen molar-refractivity contribution in [2.75, 3.05) is 0 Å². The van der Waals surface area contributed by atoms with Crippen LogP contribution in [0.25, 0.3) is 0 Å². The van der Waals surface area contributed by atoms with Crippen molar-refractivity contribution >= 4 is 0 Å². The average Bonchev–Trinajstić information content (AvgIpc) is 2.98. The molecule has 0 bridgehead atoms. The Labute approximate surface area is 248 Å². The van der Waals surface area contributed by atoms with Gasteiger partial charge in [0.15, 0.2) is 17.5 Å². The first-order valence-corrected chi connectivity index (χ1v) is 15.0. The molecule has 1 saturated carbocycles. The summed E-state index contributed by atoms with van der Waals surface area (Å²) in [4.78, 5) is 0. The van der Waals surface area contributed by atoms with Crippen molar-refractivity contribution in [3.05, 3.63) is 94.8 Å². The van der Waals surface area contributed by atoms with Gasteiger partial charge >= 0.3 is 12.2 Å². The summed E-state index contributed by atoms with van der Waals surface area (Å²) in [6, 6.07) is 12.6. The fourth-order valence-electron chi connectivity index (χ4n) is 5.58. The minimum Gasteiger partial charge on any atom is -0.432 e. The van der Waals surface area contributed by atoms with Crippen LogP contribution in [0.5, 0.6) is 11.5 Å². The second kappa shape index (κ2) is 14.5. The molecule has 0 N–H and O–H groups in total. The molecule has 4 rings (SSSR count). The highest BCUT2D eigenvalue weighted by atomic mass is 19.3. The van der Waals surface area contributed by atoms with Crippen LogP contribution in [0.3, 0.4) is 0 Å². The lowest BCUT2D eigenvalue weighted by Crippen LogP contribution is -2.37. The second-order valence-electron chi connectivity index (χ2n) is 11.3. The molecule has 3 aromatic rings. The average molecular weight is 611 g/mol. The first-order chi connectivity index (χ1) is 20.5. The van der Waals surface area contributed by atoms with E-state index < -0.39 is 46.9 Å².